The number of nitrogens with one attached hydrogen (secondary N) is 2. The normalized spacial score (nSPS) is 30.3. The van der Waals surface area contributed by atoms with Crippen molar-refractivity contribution in [2.24, 2.45) is 0 Å². The zero-order valence-corrected chi connectivity index (χ0v) is 14.6. The molecule has 27 heavy (non-hydrogen) atoms. The molecule has 0 aromatic carbocycles. The summed E-state index contributed by atoms with van der Waals surface area (Å²) in [6, 6.07) is -2.08. The number of carbonyl (C=O) groups excluding carboxylic acids is 1. The van der Waals surface area contributed by atoms with E-state index in [0.717, 1.165) is 0 Å². The molecule has 1 aliphatic rings. The SMILES string of the molecule is C[C@@H](NCCCC[C@H](NC(=O)[C@H]1O[C@@H]([O-])[C@H](O)[C@@H](O)[C@H]1O)C(=O)O)C(=O)O. The van der Waals surface area contributed by atoms with Crippen molar-refractivity contribution in [3.63, 3.8) is 0 Å². The number of amides is 1. The van der Waals surface area contributed by atoms with Gasteiger partial charge in [-0.25, -0.2) is 4.79 Å². The van der Waals surface area contributed by atoms with Crippen molar-refractivity contribution in [1.82, 2.24) is 10.6 Å². The minimum absolute atomic E-state index is 0.0129. The third-order valence-electron chi connectivity index (χ3n) is 4.18. The maximum atomic E-state index is 12.1. The maximum Gasteiger partial charge on any atom is 0.326 e. The summed E-state index contributed by atoms with van der Waals surface area (Å²) in [6.07, 6.45) is -8.87. The van der Waals surface area contributed by atoms with Gasteiger partial charge in [0.15, 0.2) is 6.10 Å². The van der Waals surface area contributed by atoms with Crippen molar-refractivity contribution in [3.8, 4) is 0 Å². The molecule has 0 aliphatic carbocycles. The second-order valence-corrected chi connectivity index (χ2v) is 6.31. The Bertz CT molecular complexity index is 531. The van der Waals surface area contributed by atoms with Crippen LogP contribution in [0.2, 0.25) is 0 Å². The molecule has 12 heteroatoms. The summed E-state index contributed by atoms with van der Waals surface area (Å²) in [7, 11) is 0. The molecular formula is C15H25N2O10-. The number of carboxylic acids is 2. The predicted molar refractivity (Wildman–Crippen MR) is 85.2 cm³/mol. The Labute approximate surface area is 154 Å². The zero-order valence-electron chi connectivity index (χ0n) is 14.6. The molecular weight excluding hydrogens is 368 g/mol. The van der Waals surface area contributed by atoms with Gasteiger partial charge in [0.2, 0.25) is 0 Å². The van der Waals surface area contributed by atoms with Crippen LogP contribution in [0.4, 0.5) is 0 Å². The van der Waals surface area contributed by atoms with Gasteiger partial charge in [-0.15, -0.1) is 0 Å². The van der Waals surface area contributed by atoms with E-state index in [1.165, 1.54) is 6.92 Å². The number of aliphatic carboxylic acids is 2. The van der Waals surface area contributed by atoms with E-state index in [9.17, 15) is 39.9 Å². The molecule has 7 atom stereocenters. The monoisotopic (exact) mass is 393 g/mol. The number of ether oxygens (including phenoxy) is 1. The van der Waals surface area contributed by atoms with Crippen molar-refractivity contribution in [2.45, 2.75) is 69.0 Å². The molecule has 0 aromatic heterocycles. The van der Waals surface area contributed by atoms with Gasteiger partial charge in [0.05, 0.1) is 6.10 Å². The molecule has 0 spiro atoms. The molecule has 12 nitrogen and oxygen atoms in total. The fraction of sp³-hybridized carbons (Fsp3) is 0.800. The Morgan fingerprint density at radius 1 is 1.04 bits per heavy atom. The van der Waals surface area contributed by atoms with Crippen molar-refractivity contribution < 1.29 is 49.8 Å². The van der Waals surface area contributed by atoms with Crippen molar-refractivity contribution >= 4 is 17.8 Å². The first-order chi connectivity index (χ1) is 12.6. The van der Waals surface area contributed by atoms with Crippen LogP contribution in [-0.4, -0.2) is 92.7 Å². The molecule has 0 radical (unpaired) electrons. The highest BCUT2D eigenvalue weighted by atomic mass is 16.6. The van der Waals surface area contributed by atoms with Crippen LogP contribution in [0.1, 0.15) is 26.2 Å². The van der Waals surface area contributed by atoms with Crippen LogP contribution in [0.3, 0.4) is 0 Å². The van der Waals surface area contributed by atoms with E-state index in [1.54, 1.807) is 0 Å². The van der Waals surface area contributed by atoms with Gasteiger partial charge < -0.3 is 46.0 Å². The Morgan fingerprint density at radius 2 is 1.67 bits per heavy atom. The number of aliphatic hydroxyl groups is 3. The van der Waals surface area contributed by atoms with Gasteiger partial charge in [0.1, 0.15) is 24.3 Å². The first-order valence-corrected chi connectivity index (χ1v) is 8.41. The average molecular weight is 393 g/mol. The molecule has 7 N–H and O–H groups in total. The van der Waals surface area contributed by atoms with E-state index in [0.29, 0.717) is 19.4 Å². The van der Waals surface area contributed by atoms with Gasteiger partial charge in [0, 0.05) is 6.29 Å². The third-order valence-corrected chi connectivity index (χ3v) is 4.18. The lowest BCUT2D eigenvalue weighted by Gasteiger charge is -2.43. The predicted octanol–water partition coefficient (Wildman–Crippen LogP) is -4.04. The molecule has 0 saturated carbocycles. The highest BCUT2D eigenvalue weighted by Gasteiger charge is 2.43. The lowest BCUT2D eigenvalue weighted by Crippen LogP contribution is -2.65. The van der Waals surface area contributed by atoms with E-state index in [1.807, 2.05) is 0 Å². The van der Waals surface area contributed by atoms with Gasteiger partial charge in [-0.1, -0.05) is 0 Å². The summed E-state index contributed by atoms with van der Waals surface area (Å²) in [5, 5.41) is 62.8. The molecule has 0 aromatic rings. The number of hydrogen-bond donors (Lipinski definition) is 7. The van der Waals surface area contributed by atoms with E-state index >= 15 is 0 Å². The molecule has 1 amide bonds. The lowest BCUT2D eigenvalue weighted by atomic mass is 9.98. The van der Waals surface area contributed by atoms with Crippen LogP contribution in [-0.2, 0) is 19.1 Å². The number of hydrogen-bond acceptors (Lipinski definition) is 9. The number of unbranched alkanes of at least 4 members (excludes halogenated alkanes) is 1. The van der Waals surface area contributed by atoms with Crippen LogP contribution >= 0.6 is 0 Å². The van der Waals surface area contributed by atoms with Crippen molar-refractivity contribution in [3.05, 3.63) is 0 Å². The maximum absolute atomic E-state index is 12.1. The number of carboxylic acid groups (broad SMARTS) is 2. The molecule has 1 aliphatic heterocycles. The number of aliphatic hydroxyl groups excluding tert-OH is 3. The van der Waals surface area contributed by atoms with Crippen LogP contribution in [0.15, 0.2) is 0 Å². The zero-order chi connectivity index (χ0) is 20.7. The van der Waals surface area contributed by atoms with Gasteiger partial charge in [-0.2, -0.15) is 0 Å². The average Bonchev–Trinajstić information content (AvgIpc) is 2.60. The number of rotatable bonds is 10. The minimum atomic E-state index is -2.16. The van der Waals surface area contributed by atoms with Gasteiger partial charge in [-0.05, 0) is 32.7 Å². The molecule has 0 bridgehead atoms. The molecule has 156 valence electrons. The summed E-state index contributed by atoms with van der Waals surface area (Å²) in [6.45, 7) is 1.80. The summed E-state index contributed by atoms with van der Waals surface area (Å²) in [4.78, 5) is 34.0. The van der Waals surface area contributed by atoms with Gasteiger partial charge in [0.25, 0.3) is 5.91 Å². The van der Waals surface area contributed by atoms with Crippen LogP contribution in [0.25, 0.3) is 0 Å². The van der Waals surface area contributed by atoms with E-state index in [4.69, 9.17) is 5.11 Å². The highest BCUT2D eigenvalue weighted by molar-refractivity contribution is 5.86. The summed E-state index contributed by atoms with van der Waals surface area (Å²) >= 11 is 0. The first kappa shape index (κ1) is 23.2. The second kappa shape index (κ2) is 10.5. The molecule has 0 unspecified atom stereocenters. The van der Waals surface area contributed by atoms with Crippen LogP contribution in [0, 0.1) is 0 Å². The topological polar surface area (TPSA) is 209 Å². The lowest BCUT2D eigenvalue weighted by molar-refractivity contribution is -0.529. The minimum Gasteiger partial charge on any atom is -0.829 e. The van der Waals surface area contributed by atoms with Crippen molar-refractivity contribution in [1.29, 1.82) is 0 Å². The molecule has 1 fully saturated rings. The molecule has 1 heterocycles. The molecule has 1 saturated heterocycles. The number of carbonyl (C=O) groups is 3. The fourth-order valence-corrected chi connectivity index (χ4v) is 2.46. The van der Waals surface area contributed by atoms with E-state index < -0.39 is 60.6 Å². The highest BCUT2D eigenvalue weighted by Crippen LogP contribution is 2.19. The summed E-state index contributed by atoms with van der Waals surface area (Å²) in [5.74, 6) is -3.46. The largest absolute Gasteiger partial charge is 0.829 e. The Balaban J connectivity index is 2.50. The first-order valence-electron chi connectivity index (χ1n) is 8.41. The fourth-order valence-electron chi connectivity index (χ4n) is 2.46. The smallest absolute Gasteiger partial charge is 0.326 e. The van der Waals surface area contributed by atoms with Gasteiger partial charge in [-0.3, -0.25) is 9.59 Å². The van der Waals surface area contributed by atoms with Gasteiger partial charge >= 0.3 is 11.9 Å². The summed E-state index contributed by atoms with van der Waals surface area (Å²) < 4.78 is 4.63. The summed E-state index contributed by atoms with van der Waals surface area (Å²) in [5.41, 5.74) is 0. The Morgan fingerprint density at radius 3 is 2.22 bits per heavy atom. The van der Waals surface area contributed by atoms with Crippen LogP contribution in [0.5, 0.6) is 0 Å². The quantitative estimate of drug-likeness (QED) is 0.178. The van der Waals surface area contributed by atoms with Crippen molar-refractivity contribution in [2.75, 3.05) is 6.54 Å². The Hall–Kier alpha value is -1.83. The molecule has 1 rings (SSSR count). The second-order valence-electron chi connectivity index (χ2n) is 6.31. The Kier molecular flexibility index (Phi) is 9.02. The standard InChI is InChI=1S/C15H25N2O10/c1-6(13(22)23)16-5-3-2-4-7(14(24)25)17-12(21)11-9(19)8(18)10(20)15(26)27-11/h6-11,15-16,18-20H,2-5H2,1H3,(H,17,21)(H,22,23)(H,24,25)/q-1/t6-,7+,8+,9-,10-,11+,15-/m1/s1. The van der Waals surface area contributed by atoms with E-state index in [-0.39, 0.29) is 6.42 Å². The third kappa shape index (κ3) is 6.68. The van der Waals surface area contributed by atoms with Crippen LogP contribution < -0.4 is 15.7 Å². The van der Waals surface area contributed by atoms with E-state index in [2.05, 4.69) is 15.4 Å².